The summed E-state index contributed by atoms with van der Waals surface area (Å²) in [5.74, 6) is -0.573. The molecule has 1 heterocycles. The van der Waals surface area contributed by atoms with Crippen LogP contribution in [0, 0.1) is 0 Å². The fraction of sp³-hybridized carbons (Fsp3) is 0.400. The first kappa shape index (κ1) is 21.2. The normalized spacial score (nSPS) is 20.9. The van der Waals surface area contributed by atoms with Crippen LogP contribution in [0.2, 0.25) is 0 Å². The predicted molar refractivity (Wildman–Crippen MR) is 117 cm³/mol. The summed E-state index contributed by atoms with van der Waals surface area (Å²) in [6.07, 6.45) is 1.72. The van der Waals surface area contributed by atoms with Crippen molar-refractivity contribution < 1.29 is 19.1 Å². The van der Waals surface area contributed by atoms with Gasteiger partial charge in [0.15, 0.2) is 0 Å². The largest absolute Gasteiger partial charge is 0.383 e. The zero-order valence-electron chi connectivity index (χ0n) is 18.0. The Balaban J connectivity index is 1.67. The molecule has 1 saturated heterocycles. The molecular weight excluding hydrogens is 392 g/mol. The first-order chi connectivity index (χ1) is 15.0. The molecule has 162 valence electrons. The lowest BCUT2D eigenvalue weighted by atomic mass is 9.75. The lowest BCUT2D eigenvalue weighted by Crippen LogP contribution is -2.43. The van der Waals surface area contributed by atoms with Gasteiger partial charge >= 0.3 is 0 Å². The van der Waals surface area contributed by atoms with Gasteiger partial charge in [-0.1, -0.05) is 54.6 Å². The molecular formula is C25H28N2O4. The Labute approximate surface area is 182 Å². The lowest BCUT2D eigenvalue weighted by Gasteiger charge is -2.29. The minimum Gasteiger partial charge on any atom is -0.383 e. The molecule has 1 aliphatic carbocycles. The first-order valence-corrected chi connectivity index (χ1v) is 10.7. The van der Waals surface area contributed by atoms with Crippen LogP contribution < -0.4 is 0 Å². The summed E-state index contributed by atoms with van der Waals surface area (Å²) in [6.45, 7) is 0.856. The Bertz CT molecular complexity index is 969. The molecule has 2 aromatic carbocycles. The molecule has 0 bridgehead atoms. The SMILES string of the molecule is COCCN(C)C(=O)C[C@]1(c2ccc(-c3ccccc3)cc2)CC(=O)N(C2CC2)C1=O. The Hall–Kier alpha value is -2.99. The van der Waals surface area contributed by atoms with Gasteiger partial charge in [-0.3, -0.25) is 19.3 Å². The Morgan fingerprint density at radius 1 is 1.06 bits per heavy atom. The number of benzene rings is 2. The number of likely N-dealkylation sites (tertiary alicyclic amines) is 1. The van der Waals surface area contributed by atoms with Crippen LogP contribution in [-0.4, -0.2) is 60.9 Å². The highest BCUT2D eigenvalue weighted by Gasteiger charge is 2.57. The van der Waals surface area contributed by atoms with Crippen molar-refractivity contribution in [3.8, 4) is 11.1 Å². The van der Waals surface area contributed by atoms with E-state index in [1.54, 1.807) is 19.1 Å². The maximum absolute atomic E-state index is 13.6. The summed E-state index contributed by atoms with van der Waals surface area (Å²) >= 11 is 0. The molecule has 1 aliphatic heterocycles. The molecule has 2 aliphatic rings. The van der Waals surface area contributed by atoms with E-state index in [9.17, 15) is 14.4 Å². The minimum absolute atomic E-state index is 0.00760. The molecule has 4 rings (SSSR count). The first-order valence-electron chi connectivity index (χ1n) is 10.7. The van der Waals surface area contributed by atoms with Gasteiger partial charge in [0, 0.05) is 39.6 Å². The monoisotopic (exact) mass is 420 g/mol. The Morgan fingerprint density at radius 2 is 1.71 bits per heavy atom. The van der Waals surface area contributed by atoms with Gasteiger partial charge < -0.3 is 9.64 Å². The zero-order chi connectivity index (χ0) is 22.0. The van der Waals surface area contributed by atoms with Crippen LogP contribution in [0.1, 0.15) is 31.2 Å². The number of methoxy groups -OCH3 is 1. The summed E-state index contributed by atoms with van der Waals surface area (Å²) in [6, 6.07) is 17.7. The third-order valence-electron chi connectivity index (χ3n) is 6.32. The van der Waals surface area contributed by atoms with Crippen molar-refractivity contribution in [1.29, 1.82) is 0 Å². The molecule has 0 aromatic heterocycles. The highest BCUT2D eigenvalue weighted by atomic mass is 16.5. The van der Waals surface area contributed by atoms with E-state index in [1.807, 2.05) is 54.6 Å². The second-order valence-corrected chi connectivity index (χ2v) is 8.49. The molecule has 0 unspecified atom stereocenters. The predicted octanol–water partition coefficient (Wildman–Crippen LogP) is 3.01. The summed E-state index contributed by atoms with van der Waals surface area (Å²) in [7, 11) is 3.29. The number of hydrogen-bond donors (Lipinski definition) is 0. The van der Waals surface area contributed by atoms with Gasteiger partial charge in [-0.25, -0.2) is 0 Å². The van der Waals surface area contributed by atoms with E-state index in [4.69, 9.17) is 4.74 Å². The van der Waals surface area contributed by atoms with E-state index in [0.717, 1.165) is 29.5 Å². The number of nitrogens with zero attached hydrogens (tertiary/aromatic N) is 2. The average Bonchev–Trinajstić information content (AvgIpc) is 3.58. The number of ether oxygens (including phenoxy) is 1. The Morgan fingerprint density at radius 3 is 2.32 bits per heavy atom. The van der Waals surface area contributed by atoms with Crippen LogP contribution in [0.4, 0.5) is 0 Å². The second kappa shape index (κ2) is 8.63. The van der Waals surface area contributed by atoms with Gasteiger partial charge in [0.25, 0.3) is 0 Å². The zero-order valence-corrected chi connectivity index (χ0v) is 18.0. The second-order valence-electron chi connectivity index (χ2n) is 8.49. The molecule has 2 aromatic rings. The fourth-order valence-electron chi connectivity index (χ4n) is 4.29. The number of imide groups is 1. The quantitative estimate of drug-likeness (QED) is 0.616. The molecule has 0 N–H and O–H groups in total. The number of amides is 3. The number of carbonyl (C=O) groups excluding carboxylic acids is 3. The van der Waals surface area contributed by atoms with E-state index < -0.39 is 5.41 Å². The van der Waals surface area contributed by atoms with E-state index >= 15 is 0 Å². The van der Waals surface area contributed by atoms with Crippen molar-refractivity contribution in [3.63, 3.8) is 0 Å². The van der Waals surface area contributed by atoms with Crippen molar-refractivity contribution in [1.82, 2.24) is 9.80 Å². The number of carbonyl (C=O) groups is 3. The van der Waals surface area contributed by atoms with E-state index in [1.165, 1.54) is 4.90 Å². The van der Waals surface area contributed by atoms with Crippen molar-refractivity contribution in [2.45, 2.75) is 37.1 Å². The Kier molecular flexibility index (Phi) is 5.92. The lowest BCUT2D eigenvalue weighted by molar-refractivity contribution is -0.143. The third-order valence-corrected chi connectivity index (χ3v) is 6.32. The van der Waals surface area contributed by atoms with Crippen LogP contribution in [0.5, 0.6) is 0 Å². The van der Waals surface area contributed by atoms with Crippen molar-refractivity contribution in [2.75, 3.05) is 27.3 Å². The number of likely N-dealkylation sites (N-methyl/N-ethyl adjacent to an activating group) is 1. The van der Waals surface area contributed by atoms with E-state index in [0.29, 0.717) is 13.2 Å². The standard InChI is InChI=1S/C25H28N2O4/c1-26(14-15-31-2)22(28)16-25(17-23(29)27(24(25)30)21-12-13-21)20-10-8-19(9-11-20)18-6-4-3-5-7-18/h3-11,21H,12-17H2,1-2H3/t25-/m1/s1. The van der Waals surface area contributed by atoms with E-state index in [2.05, 4.69) is 0 Å². The summed E-state index contributed by atoms with van der Waals surface area (Å²) < 4.78 is 5.07. The molecule has 6 nitrogen and oxygen atoms in total. The smallest absolute Gasteiger partial charge is 0.241 e. The molecule has 0 radical (unpaired) electrons. The van der Waals surface area contributed by atoms with Crippen LogP contribution in [0.15, 0.2) is 54.6 Å². The third kappa shape index (κ3) is 4.12. The maximum Gasteiger partial charge on any atom is 0.241 e. The van der Waals surface area contributed by atoms with E-state index in [-0.39, 0.29) is 36.6 Å². The van der Waals surface area contributed by atoms with Crippen LogP contribution in [0.3, 0.4) is 0 Å². The summed E-state index contributed by atoms with van der Waals surface area (Å²) in [4.78, 5) is 42.4. The fourth-order valence-corrected chi connectivity index (χ4v) is 4.29. The van der Waals surface area contributed by atoms with Crippen molar-refractivity contribution >= 4 is 17.7 Å². The molecule has 3 amide bonds. The molecule has 1 saturated carbocycles. The van der Waals surface area contributed by atoms with Gasteiger partial charge in [0.2, 0.25) is 17.7 Å². The average molecular weight is 421 g/mol. The maximum atomic E-state index is 13.6. The van der Waals surface area contributed by atoms with Crippen LogP contribution in [0.25, 0.3) is 11.1 Å². The van der Waals surface area contributed by atoms with Crippen molar-refractivity contribution in [2.24, 2.45) is 0 Å². The molecule has 0 spiro atoms. The molecule has 6 heteroatoms. The molecule has 2 fully saturated rings. The minimum atomic E-state index is -1.15. The van der Waals surface area contributed by atoms with Crippen molar-refractivity contribution in [3.05, 3.63) is 60.2 Å². The molecule has 31 heavy (non-hydrogen) atoms. The number of hydrogen-bond acceptors (Lipinski definition) is 4. The summed E-state index contributed by atoms with van der Waals surface area (Å²) in [5.41, 5.74) is 1.68. The van der Waals surface area contributed by atoms with Crippen LogP contribution in [-0.2, 0) is 24.5 Å². The number of rotatable bonds is 8. The highest BCUT2D eigenvalue weighted by molar-refractivity contribution is 6.11. The van der Waals surface area contributed by atoms with Gasteiger partial charge in [0.1, 0.15) is 0 Å². The van der Waals surface area contributed by atoms with Gasteiger partial charge in [0.05, 0.1) is 12.0 Å². The molecule has 1 atom stereocenters. The van der Waals surface area contributed by atoms with Gasteiger partial charge in [-0.05, 0) is 29.5 Å². The van der Waals surface area contributed by atoms with Gasteiger partial charge in [-0.15, -0.1) is 0 Å². The van der Waals surface area contributed by atoms with Crippen LogP contribution >= 0.6 is 0 Å². The highest BCUT2D eigenvalue weighted by Crippen LogP contribution is 2.44. The topological polar surface area (TPSA) is 66.9 Å². The summed E-state index contributed by atoms with van der Waals surface area (Å²) in [5, 5.41) is 0. The van der Waals surface area contributed by atoms with Gasteiger partial charge in [-0.2, -0.15) is 0 Å².